The number of aromatic nitrogens is 4. The smallest absolute Gasteiger partial charge is 0.280 e. The maximum absolute atomic E-state index is 13.4. The van der Waals surface area contributed by atoms with E-state index in [9.17, 15) is 18.7 Å². The van der Waals surface area contributed by atoms with E-state index < -0.39 is 23.6 Å². The molecule has 11 heteroatoms. The van der Waals surface area contributed by atoms with E-state index in [0.717, 1.165) is 17.8 Å². The summed E-state index contributed by atoms with van der Waals surface area (Å²) in [7, 11) is 1.38. The third kappa shape index (κ3) is 6.15. The zero-order chi connectivity index (χ0) is 25.2. The van der Waals surface area contributed by atoms with Crippen LogP contribution in [-0.2, 0) is 0 Å². The molecule has 0 aliphatic heterocycles. The lowest BCUT2D eigenvalue weighted by atomic mass is 9.99. The van der Waals surface area contributed by atoms with Crippen molar-refractivity contribution >= 4 is 22.4 Å². The average molecular weight is 500 g/mol. The summed E-state index contributed by atoms with van der Waals surface area (Å²) in [5.41, 5.74) is -0.505. The van der Waals surface area contributed by atoms with Crippen LogP contribution in [0.5, 0.6) is 5.75 Å². The monoisotopic (exact) mass is 499 g/mol. The van der Waals surface area contributed by atoms with Crippen LogP contribution in [0.3, 0.4) is 0 Å². The van der Waals surface area contributed by atoms with E-state index in [1.807, 2.05) is 0 Å². The number of ether oxygens (including phenoxy) is 1. The van der Waals surface area contributed by atoms with E-state index in [0.29, 0.717) is 16.7 Å². The summed E-state index contributed by atoms with van der Waals surface area (Å²) in [6, 6.07) is 2.70. The van der Waals surface area contributed by atoms with Crippen molar-refractivity contribution in [1.29, 1.82) is 0 Å². The number of amides is 1. The van der Waals surface area contributed by atoms with Crippen molar-refractivity contribution in [2.75, 3.05) is 12.4 Å². The number of anilines is 1. The Morgan fingerprint density at radius 1 is 1.26 bits per heavy atom. The van der Waals surface area contributed by atoms with Gasteiger partial charge in [0, 0.05) is 29.7 Å². The predicted molar refractivity (Wildman–Crippen MR) is 127 cm³/mol. The van der Waals surface area contributed by atoms with Gasteiger partial charge in [0.25, 0.3) is 12.3 Å². The number of aliphatic hydroxyl groups is 1. The number of hydrogen-bond acceptors (Lipinski definition) is 8. The van der Waals surface area contributed by atoms with Gasteiger partial charge in [-0.25, -0.2) is 13.8 Å². The molecule has 1 saturated carbocycles. The maximum Gasteiger partial charge on any atom is 0.280 e. The molecular weight excluding hydrogens is 476 g/mol. The minimum atomic E-state index is -2.81. The topological polar surface area (TPSA) is 110 Å². The van der Waals surface area contributed by atoms with Crippen molar-refractivity contribution in [3.8, 4) is 28.7 Å². The Morgan fingerprint density at radius 3 is 2.69 bits per heavy atom. The number of pyridine rings is 2. The highest BCUT2D eigenvalue weighted by Crippen LogP contribution is 2.42. The van der Waals surface area contributed by atoms with Gasteiger partial charge >= 0.3 is 0 Å². The number of alkyl halides is 2. The van der Waals surface area contributed by atoms with Gasteiger partial charge in [0.2, 0.25) is 5.13 Å². The summed E-state index contributed by atoms with van der Waals surface area (Å²) in [4.78, 5) is 21.2. The van der Waals surface area contributed by atoms with E-state index in [1.54, 1.807) is 13.8 Å². The van der Waals surface area contributed by atoms with Crippen LogP contribution in [0, 0.1) is 11.8 Å². The number of rotatable bonds is 7. The Morgan fingerprint density at radius 2 is 2.03 bits per heavy atom. The fourth-order valence-electron chi connectivity index (χ4n) is 3.17. The van der Waals surface area contributed by atoms with Crippen molar-refractivity contribution < 1.29 is 23.4 Å². The minimum absolute atomic E-state index is 0.117. The molecule has 4 rings (SSSR count). The van der Waals surface area contributed by atoms with E-state index in [2.05, 4.69) is 37.3 Å². The van der Waals surface area contributed by atoms with Crippen LogP contribution in [0.25, 0.3) is 11.1 Å². The van der Waals surface area contributed by atoms with E-state index in [4.69, 9.17) is 4.74 Å². The number of halogens is 2. The number of nitrogens with one attached hydrogen (secondary N) is 1. The highest BCUT2D eigenvalue weighted by Gasteiger charge is 2.28. The van der Waals surface area contributed by atoms with Crippen LogP contribution in [-0.4, -0.2) is 43.9 Å². The van der Waals surface area contributed by atoms with Crippen LogP contribution in [0.1, 0.15) is 72.2 Å². The summed E-state index contributed by atoms with van der Waals surface area (Å²) in [6.07, 6.45) is 2.00. The molecule has 1 fully saturated rings. The molecule has 3 aromatic heterocycles. The van der Waals surface area contributed by atoms with Crippen LogP contribution in [0.2, 0.25) is 0 Å². The second kappa shape index (κ2) is 10.0. The first-order valence-electron chi connectivity index (χ1n) is 10.8. The normalized spacial score (nSPS) is 13.3. The maximum atomic E-state index is 13.4. The molecule has 0 unspecified atom stereocenters. The Balaban J connectivity index is 1.75. The van der Waals surface area contributed by atoms with Gasteiger partial charge in [-0.15, -0.1) is 10.2 Å². The molecule has 1 aliphatic rings. The van der Waals surface area contributed by atoms with Crippen LogP contribution < -0.4 is 10.1 Å². The number of carbonyl (C=O) groups excluding carboxylic acids is 1. The molecule has 2 N–H and O–H groups in total. The molecule has 1 amide bonds. The molecule has 3 aromatic rings. The lowest BCUT2D eigenvalue weighted by Gasteiger charge is -2.14. The van der Waals surface area contributed by atoms with Crippen molar-refractivity contribution in [1.82, 2.24) is 20.2 Å². The van der Waals surface area contributed by atoms with Crippen LogP contribution >= 0.6 is 11.3 Å². The molecule has 0 aromatic carbocycles. The quantitative estimate of drug-likeness (QED) is 0.458. The number of methoxy groups -OCH3 is 1. The lowest BCUT2D eigenvalue weighted by Crippen LogP contribution is -2.16. The van der Waals surface area contributed by atoms with E-state index in [-0.39, 0.29) is 28.9 Å². The highest BCUT2D eigenvalue weighted by molar-refractivity contribution is 7.15. The van der Waals surface area contributed by atoms with Crippen LogP contribution in [0.15, 0.2) is 24.5 Å². The molecule has 0 spiro atoms. The largest absolute Gasteiger partial charge is 0.494 e. The molecule has 0 saturated heterocycles. The molecule has 0 atom stereocenters. The number of carbonyl (C=O) groups is 1. The number of hydrogen-bond donors (Lipinski definition) is 2. The molecule has 0 radical (unpaired) electrons. The molecule has 3 heterocycles. The third-order valence-corrected chi connectivity index (χ3v) is 6.10. The predicted octanol–water partition coefficient (Wildman–Crippen LogP) is 4.58. The van der Waals surface area contributed by atoms with Gasteiger partial charge in [-0.1, -0.05) is 17.3 Å². The summed E-state index contributed by atoms with van der Waals surface area (Å²) in [6.45, 7) is 3.26. The Bertz CT molecular complexity index is 1310. The number of nitrogens with zero attached hydrogens (tertiary/aromatic N) is 4. The van der Waals surface area contributed by atoms with Gasteiger partial charge < -0.3 is 9.84 Å². The Kier molecular flexibility index (Phi) is 7.05. The molecule has 182 valence electrons. The van der Waals surface area contributed by atoms with Crippen molar-refractivity contribution in [3.05, 3.63) is 46.5 Å². The van der Waals surface area contributed by atoms with E-state index >= 15 is 0 Å². The van der Waals surface area contributed by atoms with Crippen molar-refractivity contribution in [2.24, 2.45) is 0 Å². The van der Waals surface area contributed by atoms with Gasteiger partial charge in [-0.3, -0.25) is 15.1 Å². The van der Waals surface area contributed by atoms with Crippen molar-refractivity contribution in [2.45, 2.75) is 51.1 Å². The lowest BCUT2D eigenvalue weighted by molar-refractivity contribution is 0.0862. The summed E-state index contributed by atoms with van der Waals surface area (Å²) in [5, 5.41) is 22.0. The first-order chi connectivity index (χ1) is 16.6. The van der Waals surface area contributed by atoms with Gasteiger partial charge in [-0.2, -0.15) is 0 Å². The van der Waals surface area contributed by atoms with Crippen LogP contribution in [0.4, 0.5) is 13.9 Å². The average Bonchev–Trinajstić information content (AvgIpc) is 3.56. The zero-order valence-corrected chi connectivity index (χ0v) is 20.1. The highest BCUT2D eigenvalue weighted by atomic mass is 32.1. The molecular formula is C24H23F2N5O3S. The van der Waals surface area contributed by atoms with Gasteiger partial charge in [0.1, 0.15) is 22.1 Å². The third-order valence-electron chi connectivity index (χ3n) is 5.10. The zero-order valence-electron chi connectivity index (χ0n) is 19.3. The van der Waals surface area contributed by atoms with Gasteiger partial charge in [0.15, 0.2) is 0 Å². The van der Waals surface area contributed by atoms with E-state index in [1.165, 1.54) is 43.0 Å². The fraction of sp³-hybridized carbons (Fsp3) is 0.375. The Hall–Kier alpha value is -3.49. The SMILES string of the molecule is COc1cnc(C(F)F)cc1-c1cc(C#CCC(C)(C)O)ncc1C(=O)Nc1nnc(C2CC2)s1. The second-order valence-electron chi connectivity index (χ2n) is 8.69. The molecule has 35 heavy (non-hydrogen) atoms. The minimum Gasteiger partial charge on any atom is -0.494 e. The van der Waals surface area contributed by atoms with Crippen molar-refractivity contribution in [3.63, 3.8) is 0 Å². The van der Waals surface area contributed by atoms with Gasteiger partial charge in [-0.05, 0) is 44.7 Å². The van der Waals surface area contributed by atoms with Gasteiger partial charge in [0.05, 0.1) is 24.5 Å². The molecule has 1 aliphatic carbocycles. The first-order valence-corrected chi connectivity index (χ1v) is 11.6. The summed E-state index contributed by atoms with van der Waals surface area (Å²) < 4.78 is 32.2. The fourth-order valence-corrected chi connectivity index (χ4v) is 4.08. The summed E-state index contributed by atoms with van der Waals surface area (Å²) >= 11 is 1.30. The standard InChI is InChI=1S/C24H23F2N5O3S/c1-24(2,33)8-4-5-14-9-15(16-10-18(20(25)26)28-12-19(16)34-3)17(11-27-14)21(32)29-23-31-30-22(35-23)13-6-7-13/h9-13,20,33H,6-8H2,1-3H3,(H,29,31,32). The molecule has 8 nitrogen and oxygen atoms in total. The summed E-state index contributed by atoms with van der Waals surface area (Å²) in [5.74, 6) is 5.76. The first kappa shape index (κ1) is 24.6. The Labute approximate surface area is 204 Å². The molecule has 0 bridgehead atoms. The second-order valence-corrected chi connectivity index (χ2v) is 9.70.